The SMILES string of the molecule is C[NH2+]/C(=C1\C(=N)C[C@@H](C)c2cnc(/N=C(N)\C=C/NCCN3CCN(CC(C)(C)O)CC3)nc21)c1ccccc1. The Balaban J connectivity index is 1.39. The summed E-state index contributed by atoms with van der Waals surface area (Å²) in [6, 6.07) is 10.1. The van der Waals surface area contributed by atoms with Gasteiger partial charge in [0, 0.05) is 75.0 Å². The van der Waals surface area contributed by atoms with Gasteiger partial charge in [0.25, 0.3) is 5.95 Å². The van der Waals surface area contributed by atoms with Crippen molar-refractivity contribution in [3.63, 3.8) is 0 Å². The number of nitrogens with one attached hydrogen (secondary N) is 2. The first-order chi connectivity index (χ1) is 19.1. The molecular weight excluding hydrogens is 502 g/mol. The van der Waals surface area contributed by atoms with Crippen molar-refractivity contribution in [3.05, 3.63) is 65.6 Å². The lowest BCUT2D eigenvalue weighted by Crippen LogP contribution is -2.76. The van der Waals surface area contributed by atoms with Crippen LogP contribution in [0.4, 0.5) is 5.95 Å². The topological polar surface area (TPSA) is 143 Å². The van der Waals surface area contributed by atoms with Gasteiger partial charge in [-0.05, 0) is 44.4 Å². The van der Waals surface area contributed by atoms with Crippen LogP contribution in [0.5, 0.6) is 0 Å². The Morgan fingerprint density at radius 3 is 2.60 bits per heavy atom. The maximum absolute atomic E-state index is 10.0. The van der Waals surface area contributed by atoms with Gasteiger partial charge in [0.2, 0.25) is 0 Å². The highest BCUT2D eigenvalue weighted by Crippen LogP contribution is 2.37. The van der Waals surface area contributed by atoms with Crippen molar-refractivity contribution in [1.29, 1.82) is 5.41 Å². The molecule has 1 aliphatic carbocycles. The molecule has 2 aliphatic rings. The standard InChI is InChI=1S/C30H43N9O/c1-21-18-24(31)26(27(33-4)22-8-6-5-7-9-22)28-23(21)19-35-29(37-28)36-25(32)10-11-34-12-13-38-14-16-39(17-15-38)20-30(2,3)40/h5-11,19,21,31,33-34,40H,12-18,20H2,1-4H3,(H2,32,35,36,37)/p+1/b11-10-,27-26+,31-24?/t21-/m1/s1. The number of benzene rings is 1. The molecule has 40 heavy (non-hydrogen) atoms. The Morgan fingerprint density at radius 1 is 1.23 bits per heavy atom. The molecule has 2 aromatic rings. The lowest BCUT2D eigenvalue weighted by atomic mass is 9.81. The smallest absolute Gasteiger partial charge is 0.251 e. The van der Waals surface area contributed by atoms with E-state index in [1.54, 1.807) is 6.08 Å². The minimum Gasteiger partial charge on any atom is -0.389 e. The Morgan fingerprint density at radius 2 is 1.93 bits per heavy atom. The fraction of sp³-hybridized carbons (Fsp3) is 0.467. The predicted octanol–water partition coefficient (Wildman–Crippen LogP) is 1.55. The van der Waals surface area contributed by atoms with E-state index in [0.29, 0.717) is 24.5 Å². The summed E-state index contributed by atoms with van der Waals surface area (Å²) in [6.07, 6.45) is 6.00. The van der Waals surface area contributed by atoms with Gasteiger partial charge in [0.05, 0.1) is 23.9 Å². The summed E-state index contributed by atoms with van der Waals surface area (Å²) in [7, 11) is 1.99. The van der Waals surface area contributed by atoms with Gasteiger partial charge in [-0.2, -0.15) is 4.99 Å². The normalized spacial score (nSPS) is 20.6. The quantitative estimate of drug-likeness (QED) is 0.173. The zero-order chi connectivity index (χ0) is 28.7. The van der Waals surface area contributed by atoms with Gasteiger partial charge < -0.3 is 26.9 Å². The molecule has 1 aromatic carbocycles. The second-order valence-corrected chi connectivity index (χ2v) is 11.3. The molecule has 0 unspecified atom stereocenters. The Labute approximate surface area is 237 Å². The van der Waals surface area contributed by atoms with Gasteiger partial charge >= 0.3 is 0 Å². The highest BCUT2D eigenvalue weighted by atomic mass is 16.3. The Bertz CT molecular complexity index is 1260. The number of nitrogens with two attached hydrogens (primary N) is 2. The minimum atomic E-state index is -0.653. The predicted molar refractivity (Wildman–Crippen MR) is 161 cm³/mol. The minimum absolute atomic E-state index is 0.157. The summed E-state index contributed by atoms with van der Waals surface area (Å²) >= 11 is 0. The van der Waals surface area contributed by atoms with Crippen LogP contribution in [0.3, 0.4) is 0 Å². The molecular formula is C30H44N9O+. The van der Waals surface area contributed by atoms with Crippen LogP contribution in [0.2, 0.25) is 0 Å². The third kappa shape index (κ3) is 7.82. The number of aromatic nitrogens is 2. The molecule has 1 saturated heterocycles. The molecule has 4 rings (SSSR count). The van der Waals surface area contributed by atoms with Crippen molar-refractivity contribution in [2.24, 2.45) is 10.7 Å². The molecule has 7 N–H and O–H groups in total. The molecule has 2 heterocycles. The van der Waals surface area contributed by atoms with Crippen LogP contribution >= 0.6 is 0 Å². The molecule has 0 amide bonds. The van der Waals surface area contributed by atoms with Crippen molar-refractivity contribution in [2.45, 2.75) is 38.7 Å². The first kappa shape index (κ1) is 29.5. The zero-order valence-electron chi connectivity index (χ0n) is 24.2. The number of aliphatic imine (C=N–C) groups is 1. The van der Waals surface area contributed by atoms with Crippen LogP contribution in [0.15, 0.2) is 53.8 Å². The number of hydrogen-bond acceptors (Lipinski definition) is 8. The number of nitrogens with zero attached hydrogens (tertiary/aromatic N) is 5. The first-order valence-electron chi connectivity index (χ1n) is 14.1. The van der Waals surface area contributed by atoms with Crippen LogP contribution in [0.1, 0.15) is 49.9 Å². The Hall–Kier alpha value is -3.44. The zero-order valence-corrected chi connectivity index (χ0v) is 24.2. The van der Waals surface area contributed by atoms with Gasteiger partial charge in [0.15, 0.2) is 0 Å². The number of quaternary nitrogens is 1. The van der Waals surface area contributed by atoms with E-state index in [9.17, 15) is 5.11 Å². The maximum atomic E-state index is 10.0. The monoisotopic (exact) mass is 546 g/mol. The lowest BCUT2D eigenvalue weighted by molar-refractivity contribution is -0.529. The van der Waals surface area contributed by atoms with Crippen LogP contribution in [-0.2, 0) is 0 Å². The molecule has 0 spiro atoms. The second-order valence-electron chi connectivity index (χ2n) is 11.3. The van der Waals surface area contributed by atoms with E-state index in [-0.39, 0.29) is 11.9 Å². The van der Waals surface area contributed by atoms with E-state index in [0.717, 1.165) is 67.4 Å². The number of fused-ring (bicyclic) bond motifs is 1. The van der Waals surface area contributed by atoms with E-state index in [2.05, 4.69) is 44.1 Å². The van der Waals surface area contributed by atoms with Crippen molar-refractivity contribution < 1.29 is 10.4 Å². The fourth-order valence-corrected chi connectivity index (χ4v) is 5.34. The fourth-order valence-electron chi connectivity index (χ4n) is 5.34. The molecule has 10 heteroatoms. The molecule has 0 bridgehead atoms. The van der Waals surface area contributed by atoms with Crippen LogP contribution in [-0.4, -0.2) is 94.9 Å². The van der Waals surface area contributed by atoms with Crippen LogP contribution in [0, 0.1) is 5.41 Å². The number of piperazine rings is 1. The summed E-state index contributed by atoms with van der Waals surface area (Å²) < 4.78 is 0. The summed E-state index contributed by atoms with van der Waals surface area (Å²) in [5.74, 6) is 0.749. The van der Waals surface area contributed by atoms with E-state index < -0.39 is 5.60 Å². The summed E-state index contributed by atoms with van der Waals surface area (Å²) in [5.41, 5.74) is 10.8. The molecule has 0 saturated carbocycles. The highest BCUT2D eigenvalue weighted by Gasteiger charge is 2.31. The Kier molecular flexibility index (Phi) is 9.80. The number of amidine groups is 1. The molecule has 1 aromatic heterocycles. The molecule has 1 aliphatic heterocycles. The van der Waals surface area contributed by atoms with Crippen LogP contribution in [0.25, 0.3) is 11.3 Å². The second kappa shape index (κ2) is 13.3. The number of allylic oxidation sites excluding steroid dienone is 1. The number of β-amino-alcohol motifs (C(OH)–C–C–N with tert-alkyl or cyclic N) is 1. The molecule has 1 fully saturated rings. The van der Waals surface area contributed by atoms with E-state index in [1.165, 1.54) is 0 Å². The van der Waals surface area contributed by atoms with Crippen molar-refractivity contribution in [1.82, 2.24) is 25.1 Å². The van der Waals surface area contributed by atoms with Gasteiger partial charge in [0.1, 0.15) is 11.5 Å². The number of rotatable bonds is 10. The lowest BCUT2D eigenvalue weighted by Gasteiger charge is -2.37. The van der Waals surface area contributed by atoms with Crippen LogP contribution < -0.4 is 16.4 Å². The van der Waals surface area contributed by atoms with Crippen molar-refractivity contribution in [3.8, 4) is 0 Å². The largest absolute Gasteiger partial charge is 0.389 e. The third-order valence-corrected chi connectivity index (χ3v) is 7.28. The van der Waals surface area contributed by atoms with Gasteiger partial charge in [-0.1, -0.05) is 25.1 Å². The highest BCUT2D eigenvalue weighted by molar-refractivity contribution is 6.29. The molecule has 1 atom stereocenters. The van der Waals surface area contributed by atoms with E-state index >= 15 is 0 Å². The van der Waals surface area contributed by atoms with Crippen molar-refractivity contribution in [2.75, 3.05) is 52.9 Å². The molecule has 0 radical (unpaired) electrons. The molecule has 214 valence electrons. The van der Waals surface area contributed by atoms with Gasteiger partial charge in [-0.25, -0.2) is 9.97 Å². The molecule has 10 nitrogen and oxygen atoms in total. The summed E-state index contributed by atoms with van der Waals surface area (Å²) in [6.45, 7) is 12.2. The first-order valence-corrected chi connectivity index (χ1v) is 14.1. The average Bonchev–Trinajstić information content (AvgIpc) is 2.91. The number of hydrogen-bond donors (Lipinski definition) is 5. The van der Waals surface area contributed by atoms with Gasteiger partial charge in [-0.3, -0.25) is 9.80 Å². The number of aliphatic hydroxyl groups is 1. The van der Waals surface area contributed by atoms with Crippen molar-refractivity contribution >= 4 is 28.8 Å². The van der Waals surface area contributed by atoms with E-state index in [4.69, 9.17) is 16.1 Å². The van der Waals surface area contributed by atoms with E-state index in [1.807, 2.05) is 56.8 Å². The summed E-state index contributed by atoms with van der Waals surface area (Å²) in [4.78, 5) is 18.4. The summed E-state index contributed by atoms with van der Waals surface area (Å²) in [5, 5.41) is 24.2. The maximum Gasteiger partial charge on any atom is 0.251 e. The average molecular weight is 547 g/mol. The third-order valence-electron chi connectivity index (χ3n) is 7.28. The van der Waals surface area contributed by atoms with Gasteiger partial charge in [-0.15, -0.1) is 0 Å².